The number of nitrogens with one attached hydrogen (secondary N) is 2. The molecule has 0 aliphatic carbocycles. The Balaban J connectivity index is 1.74. The second-order valence-electron chi connectivity index (χ2n) is 8.16. The van der Waals surface area contributed by atoms with Crippen molar-refractivity contribution in [3.8, 4) is 0 Å². The van der Waals surface area contributed by atoms with Crippen molar-refractivity contribution in [3.05, 3.63) is 88.5 Å². The molecule has 0 aliphatic heterocycles. The first-order chi connectivity index (χ1) is 17.1. The highest BCUT2D eigenvalue weighted by molar-refractivity contribution is 8.00. The number of carbonyl (C=O) groups excluding carboxylic acids is 2. The molecule has 0 saturated carbocycles. The summed E-state index contributed by atoms with van der Waals surface area (Å²) in [5.41, 5.74) is 2.56. The van der Waals surface area contributed by atoms with Gasteiger partial charge in [0.15, 0.2) is 0 Å². The number of aromatic carboxylic acids is 2. The number of hydrogen-bond acceptors (Lipinski definition) is 5. The lowest BCUT2D eigenvalue weighted by Crippen LogP contribution is -2.24. The van der Waals surface area contributed by atoms with Gasteiger partial charge in [-0.15, -0.1) is 11.8 Å². The number of aryl methyl sites for hydroxylation is 2. The molecule has 0 radical (unpaired) electrons. The molecule has 186 valence electrons. The van der Waals surface area contributed by atoms with Gasteiger partial charge in [-0.3, -0.25) is 9.59 Å². The topological polar surface area (TPSA) is 133 Å². The third kappa shape index (κ3) is 6.51. The summed E-state index contributed by atoms with van der Waals surface area (Å²) in [7, 11) is 0. The van der Waals surface area contributed by atoms with Crippen molar-refractivity contribution in [2.75, 3.05) is 10.6 Å². The predicted octanol–water partition coefficient (Wildman–Crippen LogP) is 5.46. The first kappa shape index (κ1) is 26.5. The minimum absolute atomic E-state index is 0.134. The lowest BCUT2D eigenvalue weighted by Gasteiger charge is -2.16. The maximum absolute atomic E-state index is 12.9. The van der Waals surface area contributed by atoms with Gasteiger partial charge in [0.2, 0.25) is 5.91 Å². The Bertz CT molecular complexity index is 1340. The smallest absolute Gasteiger partial charge is 0.336 e. The molecule has 0 heterocycles. The molecule has 0 aromatic heterocycles. The highest BCUT2D eigenvalue weighted by Gasteiger charge is 2.21. The van der Waals surface area contributed by atoms with E-state index >= 15 is 0 Å². The van der Waals surface area contributed by atoms with Gasteiger partial charge in [-0.25, -0.2) is 9.59 Å². The van der Waals surface area contributed by atoms with Gasteiger partial charge < -0.3 is 20.8 Å². The van der Waals surface area contributed by atoms with Crippen LogP contribution in [0.1, 0.15) is 55.5 Å². The highest BCUT2D eigenvalue weighted by Crippen LogP contribution is 2.29. The standard InChI is InChI=1S/C27H26N2O6S/c1-4-23(25(31)29-19-10-8-15(2)16(3)12-19)36-20-7-5-6-18(14-20)28-24(30)21-11-9-17(26(32)33)13-22(21)27(34)35/h5-14,23H,4H2,1-3H3,(H,28,30)(H,29,31)(H,32,33)(H,34,35). The summed E-state index contributed by atoms with van der Waals surface area (Å²) < 4.78 is 0. The van der Waals surface area contributed by atoms with Crippen LogP contribution < -0.4 is 10.6 Å². The molecule has 1 atom stereocenters. The molecule has 2 amide bonds. The molecule has 1 unspecified atom stereocenters. The molecule has 9 heteroatoms. The lowest BCUT2D eigenvalue weighted by atomic mass is 10.0. The first-order valence-corrected chi connectivity index (χ1v) is 12.0. The zero-order chi connectivity index (χ0) is 26.4. The monoisotopic (exact) mass is 506 g/mol. The van der Waals surface area contributed by atoms with Crippen LogP contribution in [-0.4, -0.2) is 39.2 Å². The fraction of sp³-hybridized carbons (Fsp3) is 0.185. The molecule has 0 aliphatic rings. The average Bonchev–Trinajstić information content (AvgIpc) is 2.84. The van der Waals surface area contributed by atoms with Crippen LogP contribution in [0.4, 0.5) is 11.4 Å². The minimum atomic E-state index is -1.41. The number of amides is 2. The van der Waals surface area contributed by atoms with Gasteiger partial charge >= 0.3 is 11.9 Å². The first-order valence-electron chi connectivity index (χ1n) is 11.2. The largest absolute Gasteiger partial charge is 0.478 e. The van der Waals surface area contributed by atoms with Crippen LogP contribution in [0.25, 0.3) is 0 Å². The van der Waals surface area contributed by atoms with Crippen LogP contribution in [0, 0.1) is 13.8 Å². The molecule has 36 heavy (non-hydrogen) atoms. The highest BCUT2D eigenvalue weighted by atomic mass is 32.2. The van der Waals surface area contributed by atoms with E-state index in [1.807, 2.05) is 45.0 Å². The van der Waals surface area contributed by atoms with Crippen LogP contribution in [0.15, 0.2) is 65.6 Å². The molecule has 8 nitrogen and oxygen atoms in total. The van der Waals surface area contributed by atoms with Crippen LogP contribution in [0.3, 0.4) is 0 Å². The van der Waals surface area contributed by atoms with Gasteiger partial charge in [0.25, 0.3) is 5.91 Å². The summed E-state index contributed by atoms with van der Waals surface area (Å²) in [6, 6.07) is 15.9. The molecule has 3 aromatic carbocycles. The molecule has 0 bridgehead atoms. The SMILES string of the molecule is CCC(Sc1cccc(NC(=O)c2ccc(C(=O)O)cc2C(=O)O)c1)C(=O)Nc1ccc(C)c(C)c1. The number of thioether (sulfide) groups is 1. The summed E-state index contributed by atoms with van der Waals surface area (Å²) in [6.07, 6.45) is 0.579. The Hall–Kier alpha value is -4.11. The van der Waals surface area contributed by atoms with E-state index in [-0.39, 0.29) is 22.3 Å². The van der Waals surface area contributed by atoms with Crippen LogP contribution in [-0.2, 0) is 4.79 Å². The number of benzene rings is 3. The maximum Gasteiger partial charge on any atom is 0.336 e. The van der Waals surface area contributed by atoms with Crippen molar-refractivity contribution in [2.24, 2.45) is 0 Å². The Kier molecular flexibility index (Phi) is 8.50. The normalized spacial score (nSPS) is 11.4. The maximum atomic E-state index is 12.9. The number of carbonyl (C=O) groups is 4. The summed E-state index contributed by atoms with van der Waals surface area (Å²) in [5, 5.41) is 23.8. The predicted molar refractivity (Wildman–Crippen MR) is 139 cm³/mol. The van der Waals surface area contributed by atoms with E-state index in [2.05, 4.69) is 10.6 Å². The summed E-state index contributed by atoms with van der Waals surface area (Å²) in [6.45, 7) is 5.90. The van der Waals surface area contributed by atoms with Crippen molar-refractivity contribution in [3.63, 3.8) is 0 Å². The van der Waals surface area contributed by atoms with Crippen LogP contribution in [0.2, 0.25) is 0 Å². The molecule has 0 saturated heterocycles. The van der Waals surface area contributed by atoms with Crippen molar-refractivity contribution in [1.29, 1.82) is 0 Å². The molecule has 0 spiro atoms. The minimum Gasteiger partial charge on any atom is -0.478 e. The fourth-order valence-electron chi connectivity index (χ4n) is 3.43. The van der Waals surface area contributed by atoms with Gasteiger partial charge in [-0.1, -0.05) is 19.1 Å². The lowest BCUT2D eigenvalue weighted by molar-refractivity contribution is -0.115. The number of hydrogen-bond donors (Lipinski definition) is 4. The Morgan fingerprint density at radius 3 is 2.17 bits per heavy atom. The van der Waals surface area contributed by atoms with Gasteiger partial charge in [0.05, 0.1) is 21.9 Å². The Morgan fingerprint density at radius 2 is 1.53 bits per heavy atom. The van der Waals surface area contributed by atoms with Crippen molar-refractivity contribution < 1.29 is 29.4 Å². The summed E-state index contributed by atoms with van der Waals surface area (Å²) in [5.74, 6) is -3.52. The van der Waals surface area contributed by atoms with Crippen molar-refractivity contribution in [2.45, 2.75) is 37.3 Å². The van der Waals surface area contributed by atoms with Crippen molar-refractivity contribution >= 4 is 46.9 Å². The van der Waals surface area contributed by atoms with Crippen LogP contribution in [0.5, 0.6) is 0 Å². The van der Waals surface area contributed by atoms with E-state index in [0.29, 0.717) is 12.1 Å². The van der Waals surface area contributed by atoms with Gasteiger partial charge in [-0.2, -0.15) is 0 Å². The van der Waals surface area contributed by atoms with Gasteiger partial charge in [-0.05, 0) is 79.9 Å². The zero-order valence-corrected chi connectivity index (χ0v) is 20.8. The second-order valence-corrected chi connectivity index (χ2v) is 9.43. The summed E-state index contributed by atoms with van der Waals surface area (Å²) >= 11 is 1.35. The van der Waals surface area contributed by atoms with E-state index in [1.165, 1.54) is 23.9 Å². The number of carboxylic acid groups (broad SMARTS) is 2. The Morgan fingerprint density at radius 1 is 0.806 bits per heavy atom. The second kappa shape index (κ2) is 11.5. The molecule has 3 rings (SSSR count). The zero-order valence-electron chi connectivity index (χ0n) is 20.0. The number of anilines is 2. The third-order valence-electron chi connectivity index (χ3n) is 5.55. The van der Waals surface area contributed by atoms with E-state index in [0.717, 1.165) is 27.8 Å². The molecular weight excluding hydrogens is 480 g/mol. The van der Waals surface area contributed by atoms with E-state index in [4.69, 9.17) is 5.11 Å². The fourth-order valence-corrected chi connectivity index (χ4v) is 4.44. The van der Waals surface area contributed by atoms with Gasteiger partial charge in [0, 0.05) is 16.3 Å². The molecule has 0 fully saturated rings. The number of carboxylic acids is 2. The summed E-state index contributed by atoms with van der Waals surface area (Å²) in [4.78, 5) is 49.1. The van der Waals surface area contributed by atoms with Crippen molar-refractivity contribution in [1.82, 2.24) is 0 Å². The number of rotatable bonds is 9. The van der Waals surface area contributed by atoms with E-state index in [9.17, 15) is 24.3 Å². The Labute approximate surface area is 212 Å². The third-order valence-corrected chi connectivity index (χ3v) is 6.91. The van der Waals surface area contributed by atoms with E-state index in [1.54, 1.807) is 18.2 Å². The average molecular weight is 507 g/mol. The van der Waals surface area contributed by atoms with Gasteiger partial charge in [0.1, 0.15) is 0 Å². The molecular formula is C27H26N2O6S. The quantitative estimate of drug-likeness (QED) is 0.283. The molecule has 3 aromatic rings. The van der Waals surface area contributed by atoms with E-state index < -0.39 is 23.4 Å². The van der Waals surface area contributed by atoms with Crippen LogP contribution >= 0.6 is 11.8 Å². The molecule has 4 N–H and O–H groups in total.